The molecule has 0 aliphatic heterocycles. The molecule has 1 N–H and O–H groups in total. The van der Waals surface area contributed by atoms with Crippen LogP contribution in [-0.2, 0) is 0 Å². The zero-order valence-corrected chi connectivity index (χ0v) is 20.2. The molecule has 0 aliphatic rings. The average molecular weight is 562 g/mol. The van der Waals surface area contributed by atoms with Crippen LogP contribution in [0.1, 0.15) is 20.7 Å². The lowest BCUT2D eigenvalue weighted by Crippen LogP contribution is -2.12. The van der Waals surface area contributed by atoms with Gasteiger partial charge in [0.2, 0.25) is 0 Å². The minimum absolute atomic E-state index is 0.0631. The number of hydrogen-bond acceptors (Lipinski definition) is 5. The van der Waals surface area contributed by atoms with Gasteiger partial charge < -0.3 is 5.32 Å². The maximum Gasteiger partial charge on any atom is 0.256 e. The summed E-state index contributed by atoms with van der Waals surface area (Å²) in [4.78, 5) is 29.5. The molecule has 30 heavy (non-hydrogen) atoms. The van der Waals surface area contributed by atoms with E-state index in [0.717, 1.165) is 23.5 Å². The van der Waals surface area contributed by atoms with Crippen LogP contribution in [0.3, 0.4) is 0 Å². The molecule has 0 fully saturated rings. The number of rotatable bonds is 6. The Morgan fingerprint density at radius 1 is 1.00 bits per heavy atom. The maximum absolute atomic E-state index is 12.5. The van der Waals surface area contributed by atoms with Gasteiger partial charge in [-0.3, -0.25) is 9.59 Å². The van der Waals surface area contributed by atoms with Crippen molar-refractivity contribution in [2.75, 3.05) is 11.1 Å². The van der Waals surface area contributed by atoms with E-state index in [2.05, 4.69) is 42.2 Å². The number of ketones is 1. The number of nitrogens with zero attached hydrogens (tertiary/aromatic N) is 1. The number of halogens is 2. The normalized spacial score (nSPS) is 10.9. The molecule has 0 unspecified atom stereocenters. The SMILES string of the molecule is O=C(CSc1nc2ccc(NC(=O)c3ccccc3Br)cc2s1)c1ccc(Br)cc1. The van der Waals surface area contributed by atoms with Crippen molar-refractivity contribution >= 4 is 82.6 Å². The van der Waals surface area contributed by atoms with E-state index in [1.807, 2.05) is 60.7 Å². The molecule has 150 valence electrons. The highest BCUT2D eigenvalue weighted by Crippen LogP contribution is 2.32. The van der Waals surface area contributed by atoms with Crippen LogP contribution in [0.25, 0.3) is 10.2 Å². The number of benzene rings is 3. The number of hydrogen-bond donors (Lipinski definition) is 1. The zero-order chi connectivity index (χ0) is 21.1. The summed E-state index contributed by atoms with van der Waals surface area (Å²) in [5.41, 5.74) is 2.81. The molecule has 0 saturated carbocycles. The molecule has 1 heterocycles. The standard InChI is InChI=1S/C22H14Br2N2O2S2/c23-14-7-5-13(6-8-14)19(27)12-29-22-26-18-10-9-15(11-20(18)30-22)25-21(28)16-3-1-2-4-17(16)24/h1-11H,12H2,(H,25,28). The second kappa shape index (κ2) is 9.43. The van der Waals surface area contributed by atoms with Crippen molar-refractivity contribution in [3.05, 3.63) is 86.8 Å². The van der Waals surface area contributed by atoms with Gasteiger partial charge in [-0.15, -0.1) is 11.3 Å². The number of carbonyl (C=O) groups excluding carboxylic acids is 2. The second-order valence-electron chi connectivity index (χ2n) is 6.31. The molecule has 0 saturated heterocycles. The van der Waals surface area contributed by atoms with Gasteiger partial charge in [-0.2, -0.15) is 0 Å². The average Bonchev–Trinajstić information content (AvgIpc) is 3.15. The Kier molecular flexibility index (Phi) is 6.67. The summed E-state index contributed by atoms with van der Waals surface area (Å²) in [6.07, 6.45) is 0. The molecule has 4 nitrogen and oxygen atoms in total. The summed E-state index contributed by atoms with van der Waals surface area (Å²) in [5, 5.41) is 2.92. The molecular weight excluding hydrogens is 548 g/mol. The first-order chi connectivity index (χ1) is 14.5. The number of Topliss-reactive ketones (excluding diaryl/α,β-unsaturated/α-hetero) is 1. The monoisotopic (exact) mass is 560 g/mol. The van der Waals surface area contributed by atoms with Gasteiger partial charge in [0.15, 0.2) is 10.1 Å². The molecule has 0 atom stereocenters. The summed E-state index contributed by atoms with van der Waals surface area (Å²) >= 11 is 9.71. The fraction of sp³-hybridized carbons (Fsp3) is 0.0455. The number of thioether (sulfide) groups is 1. The third-order valence-electron chi connectivity index (χ3n) is 4.24. The largest absolute Gasteiger partial charge is 0.322 e. The lowest BCUT2D eigenvalue weighted by molar-refractivity contribution is 0.101. The Balaban J connectivity index is 1.44. The lowest BCUT2D eigenvalue weighted by Gasteiger charge is -2.06. The van der Waals surface area contributed by atoms with Crippen LogP contribution in [0.2, 0.25) is 0 Å². The van der Waals surface area contributed by atoms with Crippen LogP contribution in [0.5, 0.6) is 0 Å². The quantitative estimate of drug-likeness (QED) is 0.202. The van der Waals surface area contributed by atoms with Crippen LogP contribution in [0, 0.1) is 0 Å². The smallest absolute Gasteiger partial charge is 0.256 e. The molecule has 1 amide bonds. The third kappa shape index (κ3) is 5.00. The highest BCUT2D eigenvalue weighted by atomic mass is 79.9. The van der Waals surface area contributed by atoms with Gasteiger partial charge in [0.05, 0.1) is 21.5 Å². The summed E-state index contributed by atoms with van der Waals surface area (Å²) in [6, 6.07) is 20.2. The first-order valence-corrected chi connectivity index (χ1v) is 12.3. The third-order valence-corrected chi connectivity index (χ3v) is 7.62. The number of amides is 1. The number of anilines is 1. The summed E-state index contributed by atoms with van der Waals surface area (Å²) in [5.74, 6) is 0.210. The van der Waals surface area contributed by atoms with Crippen LogP contribution < -0.4 is 5.32 Å². The van der Waals surface area contributed by atoms with Gasteiger partial charge in [-0.25, -0.2) is 4.98 Å². The van der Waals surface area contributed by atoms with Crippen LogP contribution in [-0.4, -0.2) is 22.4 Å². The lowest BCUT2D eigenvalue weighted by atomic mass is 10.2. The molecule has 0 bridgehead atoms. The van der Waals surface area contributed by atoms with Crippen molar-refractivity contribution in [1.29, 1.82) is 0 Å². The van der Waals surface area contributed by atoms with E-state index >= 15 is 0 Å². The highest BCUT2D eigenvalue weighted by molar-refractivity contribution is 9.10. The topological polar surface area (TPSA) is 59.1 Å². The maximum atomic E-state index is 12.5. The zero-order valence-electron chi connectivity index (χ0n) is 15.4. The van der Waals surface area contributed by atoms with Crippen LogP contribution in [0.4, 0.5) is 5.69 Å². The van der Waals surface area contributed by atoms with Gasteiger partial charge >= 0.3 is 0 Å². The molecule has 4 rings (SSSR count). The summed E-state index contributed by atoms with van der Waals surface area (Å²) in [7, 11) is 0. The molecule has 0 aliphatic carbocycles. The minimum Gasteiger partial charge on any atom is -0.322 e. The number of aromatic nitrogens is 1. The Bertz CT molecular complexity index is 1240. The molecule has 8 heteroatoms. The van der Waals surface area contributed by atoms with Crippen molar-refractivity contribution in [3.63, 3.8) is 0 Å². The van der Waals surface area contributed by atoms with Crippen molar-refractivity contribution in [2.24, 2.45) is 0 Å². The Morgan fingerprint density at radius 2 is 1.77 bits per heavy atom. The Labute approximate surface area is 198 Å². The number of nitrogens with one attached hydrogen (secondary N) is 1. The second-order valence-corrected chi connectivity index (χ2v) is 10.3. The summed E-state index contributed by atoms with van der Waals surface area (Å²) < 4.78 is 3.47. The van der Waals surface area contributed by atoms with Crippen molar-refractivity contribution < 1.29 is 9.59 Å². The van der Waals surface area contributed by atoms with E-state index in [9.17, 15) is 9.59 Å². The van der Waals surface area contributed by atoms with Gasteiger partial charge in [0.25, 0.3) is 5.91 Å². The van der Waals surface area contributed by atoms with Crippen molar-refractivity contribution in [2.45, 2.75) is 4.34 Å². The van der Waals surface area contributed by atoms with Crippen molar-refractivity contribution in [3.8, 4) is 0 Å². The minimum atomic E-state index is -0.180. The van der Waals surface area contributed by atoms with E-state index in [0.29, 0.717) is 22.6 Å². The van der Waals surface area contributed by atoms with E-state index in [-0.39, 0.29) is 11.7 Å². The Morgan fingerprint density at radius 3 is 2.53 bits per heavy atom. The van der Waals surface area contributed by atoms with Gasteiger partial charge in [-0.05, 0) is 58.4 Å². The number of carbonyl (C=O) groups is 2. The van der Waals surface area contributed by atoms with Crippen LogP contribution in [0.15, 0.2) is 80.0 Å². The predicted molar refractivity (Wildman–Crippen MR) is 131 cm³/mol. The Hall–Kier alpha value is -2.00. The van der Waals surface area contributed by atoms with E-state index in [1.165, 1.54) is 23.1 Å². The van der Waals surface area contributed by atoms with E-state index in [1.54, 1.807) is 6.07 Å². The summed E-state index contributed by atoms with van der Waals surface area (Å²) in [6.45, 7) is 0. The fourth-order valence-electron chi connectivity index (χ4n) is 2.73. The van der Waals surface area contributed by atoms with Crippen LogP contribution >= 0.6 is 55.0 Å². The first kappa shape index (κ1) is 21.2. The van der Waals surface area contributed by atoms with Gasteiger partial charge in [-0.1, -0.05) is 52.0 Å². The van der Waals surface area contributed by atoms with Gasteiger partial charge in [0, 0.05) is 20.2 Å². The number of fused-ring (bicyclic) bond motifs is 1. The number of thiazole rings is 1. The molecule has 4 aromatic rings. The predicted octanol–water partition coefficient (Wildman–Crippen LogP) is 7.05. The van der Waals surface area contributed by atoms with Gasteiger partial charge in [0.1, 0.15) is 0 Å². The molecule has 1 aromatic heterocycles. The fourth-order valence-corrected chi connectivity index (χ4v) is 5.46. The van der Waals surface area contributed by atoms with E-state index < -0.39 is 0 Å². The molecule has 0 spiro atoms. The molecular formula is C22H14Br2N2O2S2. The van der Waals surface area contributed by atoms with Crippen molar-refractivity contribution in [1.82, 2.24) is 4.98 Å². The highest BCUT2D eigenvalue weighted by Gasteiger charge is 2.12. The molecule has 0 radical (unpaired) electrons. The first-order valence-electron chi connectivity index (χ1n) is 8.87. The molecule has 3 aromatic carbocycles. The van der Waals surface area contributed by atoms with E-state index in [4.69, 9.17) is 0 Å².